The number of ether oxygens (including phenoxy) is 2. The molecule has 2 rings (SSSR count). The Bertz CT molecular complexity index is 576. The quantitative estimate of drug-likeness (QED) is 0.703. The lowest BCUT2D eigenvalue weighted by molar-refractivity contribution is 0.00633. The number of rotatable bonds is 7. The molecule has 4 nitrogen and oxygen atoms in total. The van der Waals surface area contributed by atoms with Crippen molar-refractivity contribution >= 4 is 15.9 Å². The third kappa shape index (κ3) is 5.11. The van der Waals surface area contributed by atoms with E-state index in [-0.39, 0.29) is 11.6 Å². The summed E-state index contributed by atoms with van der Waals surface area (Å²) in [4.78, 5) is 0. The number of methoxy groups -OCH3 is 2. The van der Waals surface area contributed by atoms with Gasteiger partial charge >= 0.3 is 0 Å². The number of nitrogens with one attached hydrogen (secondary N) is 1. The number of hydrogen-bond donors (Lipinski definition) is 2. The normalized spacial score (nSPS) is 24.2. The summed E-state index contributed by atoms with van der Waals surface area (Å²) in [5.41, 5.74) is 1.10. The summed E-state index contributed by atoms with van der Waals surface area (Å²) in [5.74, 6) is 2.41. The minimum Gasteiger partial charge on any atom is -0.493 e. The number of halogens is 1. The molecular formula is C20H32BrNO3. The van der Waals surface area contributed by atoms with Crippen LogP contribution >= 0.6 is 15.9 Å². The predicted molar refractivity (Wildman–Crippen MR) is 106 cm³/mol. The highest BCUT2D eigenvalue weighted by atomic mass is 79.9. The van der Waals surface area contributed by atoms with Crippen molar-refractivity contribution in [1.82, 2.24) is 5.32 Å². The highest BCUT2D eigenvalue weighted by Gasteiger charge is 2.37. The Kier molecular flexibility index (Phi) is 7.18. The van der Waals surface area contributed by atoms with E-state index in [1.165, 1.54) is 12.0 Å². The molecular weight excluding hydrogens is 382 g/mol. The van der Waals surface area contributed by atoms with Gasteiger partial charge in [-0.3, -0.25) is 0 Å². The minimum absolute atomic E-state index is 0.0808. The maximum absolute atomic E-state index is 10.5. The lowest BCUT2D eigenvalue weighted by Gasteiger charge is -2.42. The Labute approximate surface area is 160 Å². The number of aliphatic hydroxyl groups excluding tert-OH is 1. The van der Waals surface area contributed by atoms with Crippen LogP contribution in [0.3, 0.4) is 0 Å². The van der Waals surface area contributed by atoms with Gasteiger partial charge in [0.2, 0.25) is 0 Å². The molecule has 3 atom stereocenters. The van der Waals surface area contributed by atoms with Crippen LogP contribution in [0.5, 0.6) is 11.5 Å². The van der Waals surface area contributed by atoms with Gasteiger partial charge < -0.3 is 19.9 Å². The second kappa shape index (κ2) is 8.74. The number of benzene rings is 1. The van der Waals surface area contributed by atoms with Crippen LogP contribution < -0.4 is 14.8 Å². The van der Waals surface area contributed by atoms with Gasteiger partial charge in [0.15, 0.2) is 11.5 Å². The minimum atomic E-state index is -0.209. The number of hydrogen-bond acceptors (Lipinski definition) is 4. The Morgan fingerprint density at radius 2 is 1.84 bits per heavy atom. The largest absolute Gasteiger partial charge is 0.493 e. The fourth-order valence-electron chi connectivity index (χ4n) is 3.93. The van der Waals surface area contributed by atoms with Crippen molar-refractivity contribution in [3.8, 4) is 11.5 Å². The van der Waals surface area contributed by atoms with Gasteiger partial charge in [-0.2, -0.15) is 0 Å². The van der Waals surface area contributed by atoms with Crippen LogP contribution in [0.2, 0.25) is 0 Å². The fourth-order valence-corrected chi connectivity index (χ4v) is 4.45. The zero-order valence-electron chi connectivity index (χ0n) is 16.1. The first-order valence-electron chi connectivity index (χ1n) is 9.12. The van der Waals surface area contributed by atoms with Gasteiger partial charge in [0.25, 0.3) is 0 Å². The SMILES string of the molecule is COc1cc(Br)c(CCNC(C)(C)C2CCC(C)CC2O)cc1OC. The summed E-state index contributed by atoms with van der Waals surface area (Å²) >= 11 is 3.62. The van der Waals surface area contributed by atoms with E-state index in [1.54, 1.807) is 14.2 Å². The van der Waals surface area contributed by atoms with Crippen LogP contribution in [-0.4, -0.2) is 37.5 Å². The van der Waals surface area contributed by atoms with Gasteiger partial charge in [0.05, 0.1) is 20.3 Å². The lowest BCUT2D eigenvalue weighted by atomic mass is 9.72. The smallest absolute Gasteiger partial charge is 0.161 e. The highest BCUT2D eigenvalue weighted by Crippen LogP contribution is 2.36. The van der Waals surface area contributed by atoms with Crippen LogP contribution in [0.1, 0.15) is 45.6 Å². The average Bonchev–Trinajstić information content (AvgIpc) is 2.55. The molecule has 0 radical (unpaired) electrons. The fraction of sp³-hybridized carbons (Fsp3) is 0.700. The van der Waals surface area contributed by atoms with E-state index >= 15 is 0 Å². The maximum Gasteiger partial charge on any atom is 0.161 e. The van der Waals surface area contributed by atoms with Gasteiger partial charge in [-0.15, -0.1) is 0 Å². The van der Waals surface area contributed by atoms with Crippen LogP contribution in [0, 0.1) is 11.8 Å². The van der Waals surface area contributed by atoms with E-state index in [1.807, 2.05) is 12.1 Å². The van der Waals surface area contributed by atoms with Crippen molar-refractivity contribution in [2.45, 2.75) is 58.1 Å². The molecule has 2 N–H and O–H groups in total. The molecule has 0 bridgehead atoms. The molecule has 142 valence electrons. The van der Waals surface area contributed by atoms with Gasteiger partial charge in [0, 0.05) is 15.9 Å². The van der Waals surface area contributed by atoms with Gasteiger partial charge in [-0.05, 0) is 63.3 Å². The van der Waals surface area contributed by atoms with E-state index < -0.39 is 0 Å². The van der Waals surface area contributed by atoms with Crippen LogP contribution in [0.4, 0.5) is 0 Å². The van der Waals surface area contributed by atoms with Gasteiger partial charge in [0.1, 0.15) is 0 Å². The van der Waals surface area contributed by atoms with Crippen LogP contribution in [0.25, 0.3) is 0 Å². The molecule has 1 saturated carbocycles. The molecule has 1 aromatic carbocycles. The van der Waals surface area contributed by atoms with Crippen LogP contribution in [-0.2, 0) is 6.42 Å². The molecule has 0 saturated heterocycles. The van der Waals surface area contributed by atoms with E-state index in [0.29, 0.717) is 11.8 Å². The Hall–Kier alpha value is -0.780. The van der Waals surface area contributed by atoms with Gasteiger partial charge in [-0.1, -0.05) is 29.3 Å². The summed E-state index contributed by atoms with van der Waals surface area (Å²) in [5, 5.41) is 14.1. The second-order valence-corrected chi connectivity index (χ2v) is 8.64. The Morgan fingerprint density at radius 1 is 1.20 bits per heavy atom. The highest BCUT2D eigenvalue weighted by molar-refractivity contribution is 9.10. The predicted octanol–water partition coefficient (Wildman–Crippen LogP) is 4.17. The lowest BCUT2D eigenvalue weighted by Crippen LogP contribution is -2.52. The van der Waals surface area contributed by atoms with Crippen molar-refractivity contribution in [2.24, 2.45) is 11.8 Å². The first-order chi connectivity index (χ1) is 11.8. The molecule has 25 heavy (non-hydrogen) atoms. The summed E-state index contributed by atoms with van der Waals surface area (Å²) in [7, 11) is 3.30. The third-order valence-corrected chi connectivity index (χ3v) is 6.27. The van der Waals surface area contributed by atoms with E-state index in [4.69, 9.17) is 9.47 Å². The molecule has 0 heterocycles. The van der Waals surface area contributed by atoms with Crippen molar-refractivity contribution in [1.29, 1.82) is 0 Å². The second-order valence-electron chi connectivity index (χ2n) is 7.79. The monoisotopic (exact) mass is 413 g/mol. The molecule has 0 aliphatic heterocycles. The van der Waals surface area contributed by atoms with Crippen LogP contribution in [0.15, 0.2) is 16.6 Å². The van der Waals surface area contributed by atoms with Crippen molar-refractivity contribution in [2.75, 3.05) is 20.8 Å². The standard InChI is InChI=1S/C20H32BrNO3/c1-13-6-7-15(17(23)10-13)20(2,3)22-9-8-14-11-18(24-4)19(25-5)12-16(14)21/h11-13,15,17,22-23H,6-10H2,1-5H3. The molecule has 0 spiro atoms. The van der Waals surface area contributed by atoms with Gasteiger partial charge in [-0.25, -0.2) is 0 Å². The molecule has 0 aromatic heterocycles. The molecule has 1 aliphatic carbocycles. The summed E-state index contributed by atoms with van der Waals surface area (Å²) in [6.07, 6.45) is 3.87. The maximum atomic E-state index is 10.5. The summed E-state index contributed by atoms with van der Waals surface area (Å²) in [6.45, 7) is 7.50. The molecule has 1 fully saturated rings. The van der Waals surface area contributed by atoms with E-state index in [0.717, 1.165) is 41.8 Å². The Morgan fingerprint density at radius 3 is 2.44 bits per heavy atom. The summed E-state index contributed by atoms with van der Waals surface area (Å²) in [6, 6.07) is 3.97. The zero-order valence-corrected chi connectivity index (χ0v) is 17.6. The number of aliphatic hydroxyl groups is 1. The third-order valence-electron chi connectivity index (χ3n) is 5.53. The van der Waals surface area contributed by atoms with E-state index in [9.17, 15) is 5.11 Å². The zero-order chi connectivity index (χ0) is 18.6. The van der Waals surface area contributed by atoms with Crippen molar-refractivity contribution in [3.63, 3.8) is 0 Å². The molecule has 1 aromatic rings. The van der Waals surface area contributed by atoms with Crippen molar-refractivity contribution in [3.05, 3.63) is 22.2 Å². The summed E-state index contributed by atoms with van der Waals surface area (Å²) < 4.78 is 11.8. The Balaban J connectivity index is 1.97. The molecule has 1 aliphatic rings. The molecule has 5 heteroatoms. The first-order valence-corrected chi connectivity index (χ1v) is 9.91. The van der Waals surface area contributed by atoms with E-state index in [2.05, 4.69) is 42.0 Å². The van der Waals surface area contributed by atoms with Crippen molar-refractivity contribution < 1.29 is 14.6 Å². The first kappa shape index (κ1) is 20.5. The molecule has 3 unspecified atom stereocenters. The molecule has 0 amide bonds. The topological polar surface area (TPSA) is 50.7 Å². The average molecular weight is 414 g/mol.